The molecule has 1 saturated heterocycles. The first-order valence-corrected chi connectivity index (χ1v) is 8.27. The van der Waals surface area contributed by atoms with Crippen LogP contribution in [0.4, 0.5) is 0 Å². The van der Waals surface area contributed by atoms with E-state index in [-0.39, 0.29) is 6.04 Å². The van der Waals surface area contributed by atoms with E-state index < -0.39 is 0 Å². The van der Waals surface area contributed by atoms with Crippen molar-refractivity contribution in [1.29, 1.82) is 0 Å². The van der Waals surface area contributed by atoms with Gasteiger partial charge in [0, 0.05) is 30.7 Å². The zero-order valence-electron chi connectivity index (χ0n) is 13.0. The number of benzene rings is 2. The van der Waals surface area contributed by atoms with E-state index >= 15 is 0 Å². The summed E-state index contributed by atoms with van der Waals surface area (Å²) in [7, 11) is 0. The minimum Gasteiger partial charge on any atom is -0.327 e. The van der Waals surface area contributed by atoms with E-state index in [1.54, 1.807) is 0 Å². The van der Waals surface area contributed by atoms with Gasteiger partial charge >= 0.3 is 0 Å². The lowest BCUT2D eigenvalue weighted by Gasteiger charge is -2.36. The fraction of sp³-hybridized carbons (Fsp3) is 0.368. The van der Waals surface area contributed by atoms with Crippen molar-refractivity contribution in [1.82, 2.24) is 4.90 Å². The van der Waals surface area contributed by atoms with Crippen LogP contribution in [0.25, 0.3) is 0 Å². The number of nitrogens with two attached hydrogens (primary N) is 1. The van der Waals surface area contributed by atoms with Crippen LogP contribution in [0.1, 0.15) is 29.0 Å². The summed E-state index contributed by atoms with van der Waals surface area (Å²) in [4.78, 5) is 2.43. The van der Waals surface area contributed by atoms with E-state index in [9.17, 15) is 0 Å². The van der Waals surface area contributed by atoms with Gasteiger partial charge in [0.1, 0.15) is 0 Å². The SMILES string of the molecule is Cc1ccc(C2CC(N)CN(Cc3ccccc3Cl)C2)cc1. The van der Waals surface area contributed by atoms with E-state index in [0.29, 0.717) is 5.92 Å². The van der Waals surface area contributed by atoms with Crippen LogP contribution in [0.2, 0.25) is 5.02 Å². The van der Waals surface area contributed by atoms with Gasteiger partial charge in [-0.05, 0) is 36.5 Å². The lowest BCUT2D eigenvalue weighted by molar-refractivity contribution is 0.181. The normalized spacial score (nSPS) is 22.7. The number of hydrogen-bond acceptors (Lipinski definition) is 2. The molecule has 1 heterocycles. The molecule has 22 heavy (non-hydrogen) atoms. The summed E-state index contributed by atoms with van der Waals surface area (Å²) in [6.45, 7) is 4.98. The van der Waals surface area contributed by atoms with Crippen LogP contribution in [0.3, 0.4) is 0 Å². The predicted molar refractivity (Wildman–Crippen MR) is 93.2 cm³/mol. The molecule has 0 amide bonds. The Morgan fingerprint density at radius 3 is 2.55 bits per heavy atom. The molecule has 2 aromatic rings. The number of likely N-dealkylation sites (tertiary alicyclic amines) is 1. The maximum absolute atomic E-state index is 6.30. The zero-order valence-corrected chi connectivity index (χ0v) is 13.8. The average Bonchev–Trinajstić information content (AvgIpc) is 2.50. The summed E-state index contributed by atoms with van der Waals surface area (Å²) in [5, 5.41) is 0.841. The number of aryl methyl sites for hydroxylation is 1. The molecule has 2 nitrogen and oxygen atoms in total. The maximum atomic E-state index is 6.30. The maximum Gasteiger partial charge on any atom is 0.0451 e. The quantitative estimate of drug-likeness (QED) is 0.929. The van der Waals surface area contributed by atoms with Gasteiger partial charge < -0.3 is 5.73 Å². The highest BCUT2D eigenvalue weighted by molar-refractivity contribution is 6.31. The molecule has 0 aromatic heterocycles. The Bertz CT molecular complexity index is 624. The summed E-state index contributed by atoms with van der Waals surface area (Å²) in [5.41, 5.74) is 10.2. The predicted octanol–water partition coefficient (Wildman–Crippen LogP) is 3.97. The molecule has 116 valence electrons. The van der Waals surface area contributed by atoms with Crippen molar-refractivity contribution in [2.75, 3.05) is 13.1 Å². The van der Waals surface area contributed by atoms with Crippen molar-refractivity contribution >= 4 is 11.6 Å². The minimum atomic E-state index is 0.225. The number of piperidine rings is 1. The first-order valence-electron chi connectivity index (χ1n) is 7.89. The Kier molecular flexibility index (Phi) is 4.82. The molecule has 1 aliphatic heterocycles. The fourth-order valence-electron chi connectivity index (χ4n) is 3.31. The lowest BCUT2D eigenvalue weighted by atomic mass is 9.88. The van der Waals surface area contributed by atoms with E-state index in [1.165, 1.54) is 16.7 Å². The smallest absolute Gasteiger partial charge is 0.0451 e. The van der Waals surface area contributed by atoms with E-state index in [4.69, 9.17) is 17.3 Å². The van der Waals surface area contributed by atoms with Gasteiger partial charge in [0.05, 0.1) is 0 Å². The molecule has 2 aromatic carbocycles. The molecule has 0 bridgehead atoms. The molecule has 1 aliphatic rings. The summed E-state index contributed by atoms with van der Waals surface area (Å²) in [6.07, 6.45) is 1.06. The van der Waals surface area contributed by atoms with Gasteiger partial charge in [0.2, 0.25) is 0 Å². The summed E-state index contributed by atoms with van der Waals surface area (Å²) in [6, 6.07) is 17.2. The third kappa shape index (κ3) is 3.70. The molecule has 3 heteroatoms. The monoisotopic (exact) mass is 314 g/mol. The van der Waals surface area contributed by atoms with Crippen molar-refractivity contribution in [3.8, 4) is 0 Å². The molecule has 2 unspecified atom stereocenters. The van der Waals surface area contributed by atoms with Crippen LogP contribution in [0, 0.1) is 6.92 Å². The third-order valence-corrected chi connectivity index (χ3v) is 4.83. The van der Waals surface area contributed by atoms with Gasteiger partial charge in [-0.2, -0.15) is 0 Å². The largest absolute Gasteiger partial charge is 0.327 e. The van der Waals surface area contributed by atoms with Crippen LogP contribution < -0.4 is 5.73 Å². The molecule has 1 fully saturated rings. The van der Waals surface area contributed by atoms with E-state index in [2.05, 4.69) is 42.2 Å². The molecule has 0 radical (unpaired) electrons. The van der Waals surface area contributed by atoms with Gasteiger partial charge in [0.15, 0.2) is 0 Å². The highest BCUT2D eigenvalue weighted by atomic mass is 35.5. The number of halogens is 1. The van der Waals surface area contributed by atoms with Crippen molar-refractivity contribution in [2.24, 2.45) is 5.73 Å². The Balaban J connectivity index is 1.73. The van der Waals surface area contributed by atoms with Gasteiger partial charge in [-0.25, -0.2) is 0 Å². The second-order valence-corrected chi connectivity index (χ2v) is 6.80. The summed E-state index contributed by atoms with van der Waals surface area (Å²) in [5.74, 6) is 0.506. The van der Waals surface area contributed by atoms with Gasteiger partial charge in [0.25, 0.3) is 0 Å². The van der Waals surface area contributed by atoms with E-state index in [1.807, 2.05) is 18.2 Å². The van der Waals surface area contributed by atoms with Crippen molar-refractivity contribution in [3.63, 3.8) is 0 Å². The van der Waals surface area contributed by atoms with Gasteiger partial charge in [-0.15, -0.1) is 0 Å². The molecular formula is C19H23ClN2. The first-order chi connectivity index (χ1) is 10.6. The van der Waals surface area contributed by atoms with Crippen LogP contribution in [-0.4, -0.2) is 24.0 Å². The minimum absolute atomic E-state index is 0.225. The Labute approximate surface area is 137 Å². The van der Waals surface area contributed by atoms with Crippen molar-refractivity contribution < 1.29 is 0 Å². The molecular weight excluding hydrogens is 292 g/mol. The second kappa shape index (κ2) is 6.82. The number of rotatable bonds is 3. The highest BCUT2D eigenvalue weighted by Gasteiger charge is 2.26. The van der Waals surface area contributed by atoms with E-state index in [0.717, 1.165) is 31.1 Å². The van der Waals surface area contributed by atoms with Crippen LogP contribution in [0.15, 0.2) is 48.5 Å². The third-order valence-electron chi connectivity index (χ3n) is 4.46. The summed E-state index contributed by atoms with van der Waals surface area (Å²) < 4.78 is 0. The molecule has 0 spiro atoms. The molecule has 2 N–H and O–H groups in total. The topological polar surface area (TPSA) is 29.3 Å². The Hall–Kier alpha value is -1.35. The number of hydrogen-bond donors (Lipinski definition) is 1. The summed E-state index contributed by atoms with van der Waals surface area (Å²) >= 11 is 6.29. The Morgan fingerprint density at radius 2 is 1.82 bits per heavy atom. The first kappa shape index (κ1) is 15.5. The fourth-order valence-corrected chi connectivity index (χ4v) is 3.50. The lowest BCUT2D eigenvalue weighted by Crippen LogP contribution is -2.45. The highest BCUT2D eigenvalue weighted by Crippen LogP contribution is 2.28. The zero-order chi connectivity index (χ0) is 15.5. The average molecular weight is 315 g/mol. The van der Waals surface area contributed by atoms with Gasteiger partial charge in [-0.1, -0.05) is 59.6 Å². The molecule has 2 atom stereocenters. The number of nitrogens with zero attached hydrogens (tertiary/aromatic N) is 1. The van der Waals surface area contributed by atoms with Gasteiger partial charge in [-0.3, -0.25) is 4.90 Å². The Morgan fingerprint density at radius 1 is 1.09 bits per heavy atom. The molecule has 3 rings (SSSR count). The molecule has 0 aliphatic carbocycles. The second-order valence-electron chi connectivity index (χ2n) is 6.39. The van der Waals surface area contributed by atoms with Crippen molar-refractivity contribution in [3.05, 3.63) is 70.2 Å². The van der Waals surface area contributed by atoms with Crippen molar-refractivity contribution in [2.45, 2.75) is 31.8 Å². The van der Waals surface area contributed by atoms with Crippen LogP contribution in [-0.2, 0) is 6.54 Å². The standard InChI is InChI=1S/C19H23ClN2/c1-14-6-8-15(9-7-14)17-10-18(21)13-22(12-17)11-16-4-2-3-5-19(16)20/h2-9,17-18H,10-13,21H2,1H3. The van der Waals surface area contributed by atoms with Crippen LogP contribution >= 0.6 is 11.6 Å². The van der Waals surface area contributed by atoms with Crippen LogP contribution in [0.5, 0.6) is 0 Å². The molecule has 0 saturated carbocycles.